The van der Waals surface area contributed by atoms with Crippen LogP contribution in [0.15, 0.2) is 47.4 Å². The second-order valence-electron chi connectivity index (χ2n) is 6.04. The van der Waals surface area contributed by atoms with Crippen LogP contribution in [0.3, 0.4) is 0 Å². The van der Waals surface area contributed by atoms with Crippen molar-refractivity contribution in [3.05, 3.63) is 48.7 Å². The van der Waals surface area contributed by atoms with Crippen LogP contribution < -0.4 is 5.32 Å². The molecule has 8 heteroatoms. The van der Waals surface area contributed by atoms with Crippen molar-refractivity contribution >= 4 is 11.7 Å². The number of aromatic nitrogens is 4. The Hall–Kier alpha value is -3.16. The van der Waals surface area contributed by atoms with E-state index in [1.54, 1.807) is 12.4 Å². The molecular formula is C17H18N6O2. The molecule has 1 atom stereocenters. The fraction of sp³-hybridized carbons (Fsp3) is 0.294. The van der Waals surface area contributed by atoms with Gasteiger partial charge in [-0.1, -0.05) is 17.3 Å². The van der Waals surface area contributed by atoms with E-state index in [0.29, 0.717) is 6.54 Å². The molecule has 2 aromatic heterocycles. The molecule has 0 radical (unpaired) electrons. The van der Waals surface area contributed by atoms with E-state index in [0.717, 1.165) is 35.6 Å². The van der Waals surface area contributed by atoms with E-state index in [4.69, 9.17) is 4.52 Å². The number of aryl methyl sites for hydroxylation is 1. The van der Waals surface area contributed by atoms with Crippen molar-refractivity contribution in [2.45, 2.75) is 18.9 Å². The third-order valence-corrected chi connectivity index (χ3v) is 4.43. The molecule has 0 aliphatic carbocycles. The van der Waals surface area contributed by atoms with Gasteiger partial charge < -0.3 is 19.3 Å². The summed E-state index contributed by atoms with van der Waals surface area (Å²) in [6, 6.07) is 9.14. The van der Waals surface area contributed by atoms with Crippen LogP contribution in [0.1, 0.15) is 24.7 Å². The number of hydrogen-bond donors (Lipinski definition) is 1. The lowest BCUT2D eigenvalue weighted by Crippen LogP contribution is -2.35. The van der Waals surface area contributed by atoms with Gasteiger partial charge in [-0.2, -0.15) is 0 Å². The van der Waals surface area contributed by atoms with Crippen LogP contribution in [0, 0.1) is 0 Å². The molecule has 4 rings (SSSR count). The SMILES string of the molecule is Cn1cnnc1C1CCCN1C(=O)Nc1ccc(-c2ccon2)cc1. The van der Waals surface area contributed by atoms with Gasteiger partial charge in [-0.25, -0.2) is 4.79 Å². The first-order valence-electron chi connectivity index (χ1n) is 8.15. The van der Waals surface area contributed by atoms with E-state index in [2.05, 4.69) is 20.7 Å². The van der Waals surface area contributed by atoms with E-state index in [1.807, 2.05) is 40.8 Å². The van der Waals surface area contributed by atoms with E-state index < -0.39 is 0 Å². The molecular weight excluding hydrogens is 320 g/mol. The fourth-order valence-corrected chi connectivity index (χ4v) is 3.15. The zero-order valence-corrected chi connectivity index (χ0v) is 13.8. The van der Waals surface area contributed by atoms with Crippen LogP contribution in [0.2, 0.25) is 0 Å². The highest BCUT2D eigenvalue weighted by molar-refractivity contribution is 5.90. The second-order valence-corrected chi connectivity index (χ2v) is 6.04. The largest absolute Gasteiger partial charge is 0.364 e. The summed E-state index contributed by atoms with van der Waals surface area (Å²) < 4.78 is 6.71. The Morgan fingerprint density at radius 1 is 1.28 bits per heavy atom. The molecule has 1 aliphatic rings. The van der Waals surface area contributed by atoms with Gasteiger partial charge in [0.25, 0.3) is 0 Å². The first-order valence-corrected chi connectivity index (χ1v) is 8.15. The summed E-state index contributed by atoms with van der Waals surface area (Å²) in [5.74, 6) is 0.814. The summed E-state index contributed by atoms with van der Waals surface area (Å²) >= 11 is 0. The van der Waals surface area contributed by atoms with Crippen molar-refractivity contribution in [2.75, 3.05) is 11.9 Å². The minimum atomic E-state index is -0.125. The Balaban J connectivity index is 1.47. The molecule has 1 aliphatic heterocycles. The smallest absolute Gasteiger partial charge is 0.322 e. The van der Waals surface area contributed by atoms with E-state index >= 15 is 0 Å². The average molecular weight is 338 g/mol. The number of carbonyl (C=O) groups is 1. The van der Waals surface area contributed by atoms with Crippen molar-refractivity contribution in [1.29, 1.82) is 0 Å². The summed E-state index contributed by atoms with van der Waals surface area (Å²) in [4.78, 5) is 14.5. The Morgan fingerprint density at radius 2 is 2.12 bits per heavy atom. The van der Waals surface area contributed by atoms with Crippen LogP contribution in [0.25, 0.3) is 11.3 Å². The molecule has 128 valence electrons. The van der Waals surface area contributed by atoms with Crippen LogP contribution in [0.5, 0.6) is 0 Å². The second kappa shape index (κ2) is 6.39. The highest BCUT2D eigenvalue weighted by Crippen LogP contribution is 2.31. The Labute approximate surface area is 144 Å². The number of carbonyl (C=O) groups excluding carboxylic acids is 1. The molecule has 1 aromatic carbocycles. The van der Waals surface area contributed by atoms with Crippen LogP contribution in [-0.2, 0) is 7.05 Å². The maximum Gasteiger partial charge on any atom is 0.322 e. The third-order valence-electron chi connectivity index (χ3n) is 4.43. The monoisotopic (exact) mass is 338 g/mol. The van der Waals surface area contributed by atoms with Gasteiger partial charge in [0.05, 0.1) is 6.04 Å². The lowest BCUT2D eigenvalue weighted by atomic mass is 10.1. The van der Waals surface area contributed by atoms with Crippen LogP contribution in [-0.4, -0.2) is 37.4 Å². The first-order chi connectivity index (χ1) is 12.2. The van der Waals surface area contributed by atoms with Crippen molar-refractivity contribution in [3.8, 4) is 11.3 Å². The Kier molecular flexibility index (Phi) is 3.93. The number of urea groups is 1. The van der Waals surface area contributed by atoms with Crippen molar-refractivity contribution in [1.82, 2.24) is 24.8 Å². The Bertz CT molecular complexity index is 856. The van der Waals surface area contributed by atoms with Gasteiger partial charge in [-0.05, 0) is 25.0 Å². The molecule has 0 spiro atoms. The van der Waals surface area contributed by atoms with Gasteiger partial charge in [-0.15, -0.1) is 10.2 Å². The molecule has 8 nitrogen and oxygen atoms in total. The summed E-state index contributed by atoms with van der Waals surface area (Å²) in [6.45, 7) is 0.709. The number of likely N-dealkylation sites (tertiary alicyclic amines) is 1. The number of nitrogens with zero attached hydrogens (tertiary/aromatic N) is 5. The molecule has 0 bridgehead atoms. The third kappa shape index (κ3) is 2.98. The molecule has 3 aromatic rings. The molecule has 3 heterocycles. The minimum Gasteiger partial charge on any atom is -0.364 e. The fourth-order valence-electron chi connectivity index (χ4n) is 3.15. The van der Waals surface area contributed by atoms with Gasteiger partial charge in [0.15, 0.2) is 5.82 Å². The zero-order valence-electron chi connectivity index (χ0n) is 13.8. The molecule has 0 saturated carbocycles. The lowest BCUT2D eigenvalue weighted by molar-refractivity contribution is 0.204. The summed E-state index contributed by atoms with van der Waals surface area (Å²) in [6.07, 6.45) is 5.04. The molecule has 25 heavy (non-hydrogen) atoms. The minimum absolute atomic E-state index is 0.0399. The van der Waals surface area contributed by atoms with Gasteiger partial charge in [0, 0.05) is 30.9 Å². The van der Waals surface area contributed by atoms with E-state index in [1.165, 1.54) is 6.26 Å². The van der Waals surface area contributed by atoms with E-state index in [-0.39, 0.29) is 12.1 Å². The van der Waals surface area contributed by atoms with Crippen molar-refractivity contribution in [3.63, 3.8) is 0 Å². The highest BCUT2D eigenvalue weighted by atomic mass is 16.5. The van der Waals surface area contributed by atoms with Gasteiger partial charge in [-0.3, -0.25) is 0 Å². The number of benzene rings is 1. The quantitative estimate of drug-likeness (QED) is 0.793. The number of amides is 2. The maximum atomic E-state index is 12.7. The number of hydrogen-bond acceptors (Lipinski definition) is 5. The summed E-state index contributed by atoms with van der Waals surface area (Å²) in [7, 11) is 1.90. The van der Waals surface area contributed by atoms with Crippen LogP contribution >= 0.6 is 0 Å². The molecule has 1 saturated heterocycles. The van der Waals surface area contributed by atoms with E-state index in [9.17, 15) is 4.79 Å². The lowest BCUT2D eigenvalue weighted by Gasteiger charge is -2.24. The van der Waals surface area contributed by atoms with Gasteiger partial charge in [0.1, 0.15) is 18.3 Å². The predicted molar refractivity (Wildman–Crippen MR) is 90.6 cm³/mol. The van der Waals surface area contributed by atoms with Gasteiger partial charge in [0.2, 0.25) is 0 Å². The standard InChI is InChI=1S/C17H18N6O2/c1-22-11-18-20-16(22)15-3-2-9-23(15)17(24)19-13-6-4-12(5-7-13)14-8-10-25-21-14/h4-8,10-11,15H,2-3,9H2,1H3,(H,19,24). The summed E-state index contributed by atoms with van der Waals surface area (Å²) in [5, 5.41) is 14.9. The summed E-state index contributed by atoms with van der Waals surface area (Å²) in [5.41, 5.74) is 2.44. The molecule has 1 unspecified atom stereocenters. The number of anilines is 1. The van der Waals surface area contributed by atoms with Gasteiger partial charge >= 0.3 is 6.03 Å². The topological polar surface area (TPSA) is 89.1 Å². The maximum absolute atomic E-state index is 12.7. The molecule has 1 fully saturated rings. The predicted octanol–water partition coefficient (Wildman–Crippen LogP) is 2.84. The molecule has 1 N–H and O–H groups in total. The number of nitrogens with one attached hydrogen (secondary N) is 1. The normalized spacial score (nSPS) is 17.0. The van der Waals surface area contributed by atoms with Crippen molar-refractivity contribution in [2.24, 2.45) is 7.05 Å². The average Bonchev–Trinajstić information content (AvgIpc) is 3.36. The first kappa shape index (κ1) is 15.4. The number of rotatable bonds is 3. The Morgan fingerprint density at radius 3 is 2.80 bits per heavy atom. The van der Waals surface area contributed by atoms with Crippen LogP contribution in [0.4, 0.5) is 10.5 Å². The van der Waals surface area contributed by atoms with Crippen molar-refractivity contribution < 1.29 is 9.32 Å². The zero-order chi connectivity index (χ0) is 17.2. The highest BCUT2D eigenvalue weighted by Gasteiger charge is 2.32. The molecule has 2 amide bonds.